The zero-order valence-electron chi connectivity index (χ0n) is 13.5. The van der Waals surface area contributed by atoms with Crippen molar-refractivity contribution in [1.29, 1.82) is 0 Å². The molecule has 0 radical (unpaired) electrons. The van der Waals surface area contributed by atoms with E-state index in [1.54, 1.807) is 11.3 Å². The summed E-state index contributed by atoms with van der Waals surface area (Å²) in [6.45, 7) is 11.7. The van der Waals surface area contributed by atoms with E-state index in [0.717, 1.165) is 42.9 Å². The quantitative estimate of drug-likeness (QED) is 0.870. The highest BCUT2D eigenvalue weighted by molar-refractivity contribution is 7.15. The van der Waals surface area contributed by atoms with Gasteiger partial charge in [0.15, 0.2) is 0 Å². The van der Waals surface area contributed by atoms with Crippen LogP contribution >= 0.6 is 11.3 Å². The van der Waals surface area contributed by atoms with Gasteiger partial charge >= 0.3 is 0 Å². The first-order chi connectivity index (χ1) is 10.5. The molecule has 0 unspecified atom stereocenters. The molecule has 3 rings (SSSR count). The summed E-state index contributed by atoms with van der Waals surface area (Å²) in [7, 11) is 0. The van der Waals surface area contributed by atoms with Crippen LogP contribution in [0.15, 0.2) is 24.5 Å². The van der Waals surface area contributed by atoms with E-state index in [0.29, 0.717) is 0 Å². The fraction of sp³-hybridized carbons (Fsp3) is 0.562. The van der Waals surface area contributed by atoms with E-state index in [9.17, 15) is 0 Å². The van der Waals surface area contributed by atoms with Gasteiger partial charge in [-0.25, -0.2) is 0 Å². The monoisotopic (exact) mass is 317 g/mol. The minimum Gasteiger partial charge on any atom is -0.344 e. The molecule has 2 aromatic heterocycles. The molecule has 6 heteroatoms. The SMILES string of the molecule is CC(C)(C)c1nnc(N2CCN(Cc3cccnc3)CC2)s1. The van der Waals surface area contributed by atoms with E-state index < -0.39 is 0 Å². The summed E-state index contributed by atoms with van der Waals surface area (Å²) in [6, 6.07) is 4.14. The molecule has 1 saturated heterocycles. The van der Waals surface area contributed by atoms with Crippen molar-refractivity contribution in [1.82, 2.24) is 20.1 Å². The average Bonchev–Trinajstić information content (AvgIpc) is 2.99. The summed E-state index contributed by atoms with van der Waals surface area (Å²) in [5.41, 5.74) is 1.36. The van der Waals surface area contributed by atoms with Crippen molar-refractivity contribution < 1.29 is 0 Å². The summed E-state index contributed by atoms with van der Waals surface area (Å²) < 4.78 is 0. The Bertz CT molecular complexity index is 596. The van der Waals surface area contributed by atoms with Crippen LogP contribution in [0.2, 0.25) is 0 Å². The third-order valence-electron chi connectivity index (χ3n) is 3.83. The zero-order chi connectivity index (χ0) is 15.6. The molecule has 0 spiro atoms. The van der Waals surface area contributed by atoms with Crippen LogP contribution in [0, 0.1) is 0 Å². The Morgan fingerprint density at radius 2 is 1.91 bits per heavy atom. The molecular weight excluding hydrogens is 294 g/mol. The van der Waals surface area contributed by atoms with Gasteiger partial charge in [0, 0.05) is 50.5 Å². The maximum Gasteiger partial charge on any atom is 0.208 e. The fourth-order valence-corrected chi connectivity index (χ4v) is 3.45. The molecule has 0 bridgehead atoms. The van der Waals surface area contributed by atoms with Gasteiger partial charge in [-0.15, -0.1) is 10.2 Å². The van der Waals surface area contributed by atoms with Gasteiger partial charge in [0.1, 0.15) is 5.01 Å². The molecule has 1 aliphatic heterocycles. The number of anilines is 1. The zero-order valence-corrected chi connectivity index (χ0v) is 14.3. The first-order valence-corrected chi connectivity index (χ1v) is 8.54. The molecule has 3 heterocycles. The Balaban J connectivity index is 1.56. The minimum atomic E-state index is 0.0814. The van der Waals surface area contributed by atoms with Crippen LogP contribution in [0.4, 0.5) is 5.13 Å². The van der Waals surface area contributed by atoms with E-state index >= 15 is 0 Å². The Kier molecular flexibility index (Phi) is 4.40. The molecule has 118 valence electrons. The predicted molar refractivity (Wildman–Crippen MR) is 90.3 cm³/mol. The van der Waals surface area contributed by atoms with Crippen LogP contribution in [0.25, 0.3) is 0 Å². The van der Waals surface area contributed by atoms with Crippen LogP contribution < -0.4 is 4.90 Å². The molecule has 1 aliphatic rings. The van der Waals surface area contributed by atoms with Crippen LogP contribution in [-0.4, -0.2) is 46.3 Å². The van der Waals surface area contributed by atoms with Gasteiger partial charge in [-0.1, -0.05) is 38.2 Å². The van der Waals surface area contributed by atoms with Gasteiger partial charge in [0.2, 0.25) is 5.13 Å². The number of hydrogen-bond donors (Lipinski definition) is 0. The van der Waals surface area contributed by atoms with Gasteiger partial charge in [-0.05, 0) is 11.6 Å². The topological polar surface area (TPSA) is 45.2 Å². The highest BCUT2D eigenvalue weighted by Gasteiger charge is 2.24. The molecule has 1 fully saturated rings. The summed E-state index contributed by atoms with van der Waals surface area (Å²) in [6.07, 6.45) is 3.77. The number of piperazine rings is 1. The van der Waals surface area contributed by atoms with Crippen LogP contribution in [0.3, 0.4) is 0 Å². The van der Waals surface area contributed by atoms with Crippen molar-refractivity contribution >= 4 is 16.5 Å². The van der Waals surface area contributed by atoms with Crippen molar-refractivity contribution in [2.75, 3.05) is 31.1 Å². The lowest BCUT2D eigenvalue weighted by Crippen LogP contribution is -2.45. The maximum atomic E-state index is 4.38. The van der Waals surface area contributed by atoms with E-state index in [1.165, 1.54) is 5.56 Å². The first-order valence-electron chi connectivity index (χ1n) is 7.72. The van der Waals surface area contributed by atoms with Gasteiger partial charge in [-0.3, -0.25) is 9.88 Å². The van der Waals surface area contributed by atoms with Crippen LogP contribution in [0.1, 0.15) is 31.3 Å². The molecular formula is C16H23N5S. The lowest BCUT2D eigenvalue weighted by atomic mass is 9.98. The third kappa shape index (κ3) is 3.62. The van der Waals surface area contributed by atoms with Crippen LogP contribution in [0.5, 0.6) is 0 Å². The average molecular weight is 317 g/mol. The number of hydrogen-bond acceptors (Lipinski definition) is 6. The van der Waals surface area contributed by atoms with Crippen molar-refractivity contribution in [2.45, 2.75) is 32.7 Å². The smallest absolute Gasteiger partial charge is 0.208 e. The largest absolute Gasteiger partial charge is 0.344 e. The number of rotatable bonds is 3. The summed E-state index contributed by atoms with van der Waals surface area (Å²) in [5, 5.41) is 10.9. The van der Waals surface area contributed by atoms with E-state index in [-0.39, 0.29) is 5.41 Å². The molecule has 5 nitrogen and oxygen atoms in total. The number of aromatic nitrogens is 3. The summed E-state index contributed by atoms with van der Waals surface area (Å²) >= 11 is 1.73. The lowest BCUT2D eigenvalue weighted by molar-refractivity contribution is 0.249. The highest BCUT2D eigenvalue weighted by Crippen LogP contribution is 2.30. The molecule has 0 aromatic carbocycles. The molecule has 0 amide bonds. The van der Waals surface area contributed by atoms with Gasteiger partial charge < -0.3 is 4.90 Å². The lowest BCUT2D eigenvalue weighted by Gasteiger charge is -2.34. The third-order valence-corrected chi connectivity index (χ3v) is 5.24. The Labute approximate surface area is 136 Å². The molecule has 0 atom stereocenters. The number of pyridine rings is 1. The van der Waals surface area contributed by atoms with Crippen molar-refractivity contribution in [3.05, 3.63) is 35.1 Å². The Hall–Kier alpha value is -1.53. The van der Waals surface area contributed by atoms with Crippen molar-refractivity contribution in [2.24, 2.45) is 0 Å². The van der Waals surface area contributed by atoms with Gasteiger partial charge in [0.25, 0.3) is 0 Å². The van der Waals surface area contributed by atoms with E-state index in [2.05, 4.69) is 51.8 Å². The summed E-state index contributed by atoms with van der Waals surface area (Å²) in [4.78, 5) is 9.01. The van der Waals surface area contributed by atoms with Gasteiger partial charge in [0.05, 0.1) is 0 Å². The van der Waals surface area contributed by atoms with Crippen molar-refractivity contribution in [3.63, 3.8) is 0 Å². The van der Waals surface area contributed by atoms with E-state index in [4.69, 9.17) is 0 Å². The fourth-order valence-electron chi connectivity index (χ4n) is 2.49. The minimum absolute atomic E-state index is 0.0814. The maximum absolute atomic E-state index is 4.38. The Morgan fingerprint density at radius 1 is 1.14 bits per heavy atom. The highest BCUT2D eigenvalue weighted by atomic mass is 32.1. The predicted octanol–water partition coefficient (Wildman–Crippen LogP) is 2.55. The Morgan fingerprint density at radius 3 is 2.50 bits per heavy atom. The first kappa shape index (κ1) is 15.4. The number of nitrogens with zero attached hydrogens (tertiary/aromatic N) is 5. The molecule has 22 heavy (non-hydrogen) atoms. The molecule has 0 N–H and O–H groups in total. The van der Waals surface area contributed by atoms with Gasteiger partial charge in [-0.2, -0.15) is 0 Å². The second-order valence-electron chi connectivity index (χ2n) is 6.76. The van der Waals surface area contributed by atoms with Crippen molar-refractivity contribution in [3.8, 4) is 0 Å². The normalized spacial score (nSPS) is 17.0. The summed E-state index contributed by atoms with van der Waals surface area (Å²) in [5.74, 6) is 0. The van der Waals surface area contributed by atoms with E-state index in [1.807, 2.05) is 18.5 Å². The second kappa shape index (κ2) is 6.30. The van der Waals surface area contributed by atoms with Crippen LogP contribution in [-0.2, 0) is 12.0 Å². The second-order valence-corrected chi connectivity index (χ2v) is 7.72. The molecule has 0 aliphatic carbocycles. The molecule has 2 aromatic rings. The molecule has 0 saturated carbocycles. The standard InChI is InChI=1S/C16H23N5S/c1-16(2,3)14-18-19-15(22-14)21-9-7-20(8-10-21)12-13-5-4-6-17-11-13/h4-6,11H,7-10,12H2,1-3H3.